The van der Waals surface area contributed by atoms with Crippen LogP contribution in [-0.2, 0) is 15.7 Å². The molecular formula is C26H23ClF4N2O5. The maximum Gasteiger partial charge on any atom is 0.417 e. The molecule has 1 aliphatic heterocycles. The molecule has 0 radical (unpaired) electrons. The Morgan fingerprint density at radius 2 is 1.95 bits per heavy atom. The van der Waals surface area contributed by atoms with Crippen molar-refractivity contribution in [1.82, 2.24) is 4.98 Å². The van der Waals surface area contributed by atoms with E-state index in [1.165, 1.54) is 19.1 Å². The van der Waals surface area contributed by atoms with Crippen LogP contribution in [0.25, 0.3) is 0 Å². The second-order valence-corrected chi connectivity index (χ2v) is 9.32. The predicted molar refractivity (Wildman–Crippen MR) is 130 cm³/mol. The van der Waals surface area contributed by atoms with Gasteiger partial charge in [0.1, 0.15) is 35.8 Å². The molecule has 0 saturated carbocycles. The lowest BCUT2D eigenvalue weighted by Gasteiger charge is -2.17. The van der Waals surface area contributed by atoms with Crippen molar-refractivity contribution < 1.29 is 41.3 Å². The largest absolute Gasteiger partial charge is 0.475 e. The molecule has 38 heavy (non-hydrogen) atoms. The molecule has 3 aromatic rings. The summed E-state index contributed by atoms with van der Waals surface area (Å²) in [5.41, 5.74) is -1.18. The third kappa shape index (κ3) is 6.72. The van der Waals surface area contributed by atoms with Gasteiger partial charge in [-0.2, -0.15) is 18.2 Å². The standard InChI is InChI=1S/C26H23ClF4N2O5/c1-14-9-15(28)7-8-20(14)37-21-11-18(26(29,30)31)19(27)10-17(21)24(34)33-22-5-4-6-23(32-22)35-12-16-13-36-25(2,3)38-16/h4-11,16H,12-13H2,1-3H3,(H,32,33,34)/t16-/m0/s1. The zero-order chi connectivity index (χ0) is 27.7. The predicted octanol–water partition coefficient (Wildman–Crippen LogP) is 6.78. The lowest BCUT2D eigenvalue weighted by molar-refractivity contribution is -0.141. The fraction of sp³-hybridized carbons (Fsp3) is 0.308. The minimum atomic E-state index is -4.81. The fourth-order valence-electron chi connectivity index (χ4n) is 3.65. The van der Waals surface area contributed by atoms with Crippen LogP contribution in [0.1, 0.15) is 35.3 Å². The number of halogens is 5. The van der Waals surface area contributed by atoms with E-state index in [2.05, 4.69) is 10.3 Å². The number of anilines is 1. The van der Waals surface area contributed by atoms with Gasteiger partial charge in [-0.25, -0.2) is 4.39 Å². The number of benzene rings is 2. The van der Waals surface area contributed by atoms with Gasteiger partial charge in [0.25, 0.3) is 5.91 Å². The smallest absolute Gasteiger partial charge is 0.417 e. The summed E-state index contributed by atoms with van der Waals surface area (Å²) in [7, 11) is 0. The molecule has 12 heteroatoms. The summed E-state index contributed by atoms with van der Waals surface area (Å²) in [6.07, 6.45) is -5.12. The Bertz CT molecular complexity index is 1350. The highest BCUT2D eigenvalue weighted by Crippen LogP contribution is 2.40. The van der Waals surface area contributed by atoms with Gasteiger partial charge in [0.05, 0.1) is 22.8 Å². The zero-order valence-corrected chi connectivity index (χ0v) is 21.2. The van der Waals surface area contributed by atoms with Crippen LogP contribution in [0, 0.1) is 12.7 Å². The van der Waals surface area contributed by atoms with Crippen molar-refractivity contribution in [3.05, 3.63) is 76.1 Å². The monoisotopic (exact) mass is 554 g/mol. The average molecular weight is 555 g/mol. The van der Waals surface area contributed by atoms with Crippen LogP contribution in [0.3, 0.4) is 0 Å². The molecule has 1 saturated heterocycles. The number of hydrogen-bond acceptors (Lipinski definition) is 6. The molecular weight excluding hydrogens is 532 g/mol. The molecule has 1 aliphatic rings. The number of rotatable bonds is 7. The van der Waals surface area contributed by atoms with Crippen molar-refractivity contribution in [2.45, 2.75) is 38.8 Å². The van der Waals surface area contributed by atoms with Crippen LogP contribution in [0.15, 0.2) is 48.5 Å². The summed E-state index contributed by atoms with van der Waals surface area (Å²) in [6, 6.07) is 9.57. The van der Waals surface area contributed by atoms with Crippen LogP contribution in [0.5, 0.6) is 17.4 Å². The lowest BCUT2D eigenvalue weighted by Crippen LogP contribution is -2.25. The molecule has 1 aromatic heterocycles. The quantitative estimate of drug-likeness (QED) is 0.325. The molecule has 2 aromatic carbocycles. The summed E-state index contributed by atoms with van der Waals surface area (Å²) < 4.78 is 76.5. The molecule has 1 N–H and O–H groups in total. The highest BCUT2D eigenvalue weighted by Gasteiger charge is 2.35. The molecule has 0 bridgehead atoms. The van der Waals surface area contributed by atoms with Gasteiger partial charge in [-0.05, 0) is 62.7 Å². The third-order valence-corrected chi connectivity index (χ3v) is 5.74. The van der Waals surface area contributed by atoms with Crippen molar-refractivity contribution in [2.75, 3.05) is 18.5 Å². The van der Waals surface area contributed by atoms with E-state index in [4.69, 9.17) is 30.5 Å². The molecule has 0 unspecified atom stereocenters. The zero-order valence-electron chi connectivity index (χ0n) is 20.5. The SMILES string of the molecule is Cc1cc(F)ccc1Oc1cc(C(F)(F)F)c(Cl)cc1C(=O)Nc1cccc(OC[C@H]2COC(C)(C)O2)n1. The van der Waals surface area contributed by atoms with E-state index in [-0.39, 0.29) is 35.7 Å². The number of carbonyl (C=O) groups is 1. The number of aryl methyl sites for hydroxylation is 1. The highest BCUT2D eigenvalue weighted by atomic mass is 35.5. The van der Waals surface area contributed by atoms with E-state index in [1.54, 1.807) is 26.0 Å². The Hall–Kier alpha value is -3.41. The third-order valence-electron chi connectivity index (χ3n) is 5.43. The van der Waals surface area contributed by atoms with Crippen molar-refractivity contribution in [2.24, 2.45) is 0 Å². The van der Waals surface area contributed by atoms with Crippen LogP contribution in [0.2, 0.25) is 5.02 Å². The first kappa shape index (κ1) is 27.6. The van der Waals surface area contributed by atoms with E-state index < -0.39 is 40.0 Å². The molecule has 0 spiro atoms. The Balaban J connectivity index is 1.57. The van der Waals surface area contributed by atoms with Crippen LogP contribution in [-0.4, -0.2) is 36.0 Å². The number of nitrogens with zero attached hydrogens (tertiary/aromatic N) is 1. The number of pyridine rings is 1. The van der Waals surface area contributed by atoms with E-state index in [0.717, 1.165) is 18.2 Å². The Kier molecular flexibility index (Phi) is 7.82. The number of carbonyl (C=O) groups excluding carboxylic acids is 1. The molecule has 0 aliphatic carbocycles. The normalized spacial score (nSPS) is 16.8. The van der Waals surface area contributed by atoms with E-state index in [9.17, 15) is 22.4 Å². The maximum atomic E-state index is 13.5. The van der Waals surface area contributed by atoms with Crippen molar-refractivity contribution in [3.63, 3.8) is 0 Å². The second-order valence-electron chi connectivity index (χ2n) is 8.91. The van der Waals surface area contributed by atoms with E-state index >= 15 is 0 Å². The molecule has 202 valence electrons. The Morgan fingerprint density at radius 3 is 2.61 bits per heavy atom. The summed E-state index contributed by atoms with van der Waals surface area (Å²) in [6.45, 7) is 5.57. The average Bonchev–Trinajstić information content (AvgIpc) is 3.18. The maximum absolute atomic E-state index is 13.5. The minimum absolute atomic E-state index is 0.0608. The minimum Gasteiger partial charge on any atom is -0.475 e. The van der Waals surface area contributed by atoms with Crippen LogP contribution < -0.4 is 14.8 Å². The first-order chi connectivity index (χ1) is 17.8. The van der Waals surface area contributed by atoms with E-state index in [1.807, 2.05) is 0 Å². The van der Waals surface area contributed by atoms with E-state index in [0.29, 0.717) is 18.2 Å². The van der Waals surface area contributed by atoms with Gasteiger partial charge in [-0.3, -0.25) is 4.79 Å². The first-order valence-electron chi connectivity index (χ1n) is 11.4. The van der Waals surface area contributed by atoms with Gasteiger partial charge in [0, 0.05) is 6.07 Å². The molecule has 1 amide bonds. The van der Waals surface area contributed by atoms with Crippen LogP contribution >= 0.6 is 11.6 Å². The fourth-order valence-corrected chi connectivity index (χ4v) is 3.92. The Labute approximate surface area is 220 Å². The number of alkyl halides is 3. The van der Waals surface area contributed by atoms with Gasteiger partial charge in [-0.15, -0.1) is 0 Å². The molecule has 4 rings (SSSR count). The molecule has 2 heterocycles. The van der Waals surface area contributed by atoms with Gasteiger partial charge in [0.2, 0.25) is 5.88 Å². The first-order valence-corrected chi connectivity index (χ1v) is 11.8. The summed E-state index contributed by atoms with van der Waals surface area (Å²) >= 11 is 5.87. The molecule has 1 atom stereocenters. The summed E-state index contributed by atoms with van der Waals surface area (Å²) in [5.74, 6) is -2.23. The van der Waals surface area contributed by atoms with Gasteiger partial charge >= 0.3 is 6.18 Å². The topological polar surface area (TPSA) is 78.9 Å². The number of aromatic nitrogens is 1. The molecule has 7 nitrogen and oxygen atoms in total. The summed E-state index contributed by atoms with van der Waals surface area (Å²) in [4.78, 5) is 17.3. The number of amides is 1. The van der Waals surface area contributed by atoms with Gasteiger partial charge in [-0.1, -0.05) is 17.7 Å². The van der Waals surface area contributed by atoms with Gasteiger partial charge < -0.3 is 24.3 Å². The second kappa shape index (κ2) is 10.8. The van der Waals surface area contributed by atoms with Crippen molar-refractivity contribution >= 4 is 23.3 Å². The van der Waals surface area contributed by atoms with Gasteiger partial charge in [0.15, 0.2) is 5.79 Å². The lowest BCUT2D eigenvalue weighted by atomic mass is 10.1. The summed E-state index contributed by atoms with van der Waals surface area (Å²) in [5, 5.41) is 1.81. The highest BCUT2D eigenvalue weighted by molar-refractivity contribution is 6.32. The van der Waals surface area contributed by atoms with Crippen molar-refractivity contribution in [3.8, 4) is 17.4 Å². The van der Waals surface area contributed by atoms with Crippen molar-refractivity contribution in [1.29, 1.82) is 0 Å². The Morgan fingerprint density at radius 1 is 1.18 bits per heavy atom. The number of hydrogen-bond donors (Lipinski definition) is 1. The number of ether oxygens (including phenoxy) is 4. The molecule has 1 fully saturated rings. The number of nitrogens with one attached hydrogen (secondary N) is 1. The van der Waals surface area contributed by atoms with Crippen LogP contribution in [0.4, 0.5) is 23.4 Å².